The fraction of sp³-hybridized carbons (Fsp3) is 0.250. The Kier molecular flexibility index (Phi) is 16.3. The average molecular weight is 526 g/mol. The Morgan fingerprint density at radius 3 is 2.41 bits per heavy atom. The van der Waals surface area contributed by atoms with Crippen LogP contribution in [0.2, 0.25) is 0 Å². The van der Waals surface area contributed by atoms with Crippen molar-refractivity contribution in [2.24, 2.45) is 10.7 Å². The number of benzene rings is 1. The molecule has 0 aliphatic rings. The normalized spacial score (nSPS) is 11.9. The lowest BCUT2D eigenvalue weighted by molar-refractivity contribution is -0.108. The van der Waals surface area contributed by atoms with Crippen LogP contribution in [0.4, 0.5) is 0 Å². The summed E-state index contributed by atoms with van der Waals surface area (Å²) in [5.74, 6) is -0.147. The van der Waals surface area contributed by atoms with E-state index in [9.17, 15) is 14.4 Å². The SMILES string of the molecule is C/C(N)=C(\C)C(=O)c1cccc2c(=O)[nH]ccc12.C=C(CC)/C(Cl)=C\C(=C/CC)NC=O.CN=CC=N. The summed E-state index contributed by atoms with van der Waals surface area (Å²) in [6.07, 6.45) is 9.98. The standard InChI is InChI=1S/C14H14N2O2.C11H16ClNO.C3H6N2/c1-8(9(2)15)13(17)11-4-3-5-12-10(11)6-7-16-14(12)18;1-4-6-10(13-8-14)7-11(12)9(3)5-2;1-5-3-2-4/h3-7H,15H2,1-2H3,(H,16,18);6-8H,3-5H2,1-2H3,(H,13,14);2-4H,1H3/b9-8-;10-6+,11-7+;. The van der Waals surface area contributed by atoms with Crippen molar-refractivity contribution in [3.8, 4) is 0 Å². The third-order valence-electron chi connectivity index (χ3n) is 4.91. The molecule has 5 N–H and O–H groups in total. The van der Waals surface area contributed by atoms with E-state index in [4.69, 9.17) is 22.7 Å². The van der Waals surface area contributed by atoms with Gasteiger partial charge in [-0.05, 0) is 55.9 Å². The number of nitrogens with zero attached hydrogens (tertiary/aromatic N) is 1. The molecule has 1 heterocycles. The van der Waals surface area contributed by atoms with Crippen molar-refractivity contribution in [3.05, 3.63) is 92.7 Å². The van der Waals surface area contributed by atoms with Crippen molar-refractivity contribution in [1.29, 1.82) is 5.41 Å². The number of allylic oxidation sites excluding steroid dienone is 6. The van der Waals surface area contributed by atoms with Gasteiger partial charge in [-0.1, -0.05) is 50.2 Å². The van der Waals surface area contributed by atoms with E-state index in [1.54, 1.807) is 51.2 Å². The van der Waals surface area contributed by atoms with Crippen LogP contribution in [-0.4, -0.2) is 36.7 Å². The number of aromatic nitrogens is 1. The van der Waals surface area contributed by atoms with E-state index in [0.717, 1.165) is 24.6 Å². The Labute approximate surface area is 223 Å². The number of hydrogen-bond donors (Lipinski definition) is 4. The van der Waals surface area contributed by atoms with Crippen molar-refractivity contribution in [3.63, 3.8) is 0 Å². The largest absolute Gasteiger partial charge is 0.402 e. The Balaban J connectivity index is 0.000000608. The van der Waals surface area contributed by atoms with Gasteiger partial charge in [-0.3, -0.25) is 19.4 Å². The molecule has 1 amide bonds. The smallest absolute Gasteiger partial charge is 0.255 e. The lowest BCUT2D eigenvalue weighted by atomic mass is 9.98. The molecule has 0 saturated carbocycles. The van der Waals surface area contributed by atoms with E-state index in [1.807, 2.05) is 19.9 Å². The number of carbonyl (C=O) groups is 2. The number of nitrogens with one attached hydrogen (secondary N) is 3. The van der Waals surface area contributed by atoms with Crippen LogP contribution in [0, 0.1) is 5.41 Å². The fourth-order valence-corrected chi connectivity index (χ4v) is 2.98. The number of Topliss-reactive ketones (excluding diaryl/α,β-unsaturated/α-hetero) is 1. The van der Waals surface area contributed by atoms with Crippen LogP contribution in [-0.2, 0) is 4.79 Å². The highest BCUT2D eigenvalue weighted by Gasteiger charge is 2.13. The fourth-order valence-electron chi connectivity index (χ4n) is 2.73. The molecule has 1 aromatic carbocycles. The number of H-pyrrole nitrogens is 1. The third kappa shape index (κ3) is 11.5. The third-order valence-corrected chi connectivity index (χ3v) is 5.29. The average Bonchev–Trinajstić information content (AvgIpc) is 2.88. The quantitative estimate of drug-likeness (QED) is 0.114. The molecule has 0 fully saturated rings. The molecule has 0 spiro atoms. The zero-order valence-corrected chi connectivity index (χ0v) is 22.8. The van der Waals surface area contributed by atoms with Crippen LogP contribution in [0.15, 0.2) is 86.6 Å². The number of halogens is 1. The molecule has 0 bridgehead atoms. The summed E-state index contributed by atoms with van der Waals surface area (Å²) in [6.45, 7) is 11.1. The number of hydrogen-bond acceptors (Lipinski definition) is 6. The van der Waals surface area contributed by atoms with Crippen LogP contribution in [0.1, 0.15) is 50.9 Å². The monoisotopic (exact) mass is 525 g/mol. The minimum atomic E-state index is -0.201. The number of rotatable bonds is 9. The summed E-state index contributed by atoms with van der Waals surface area (Å²) >= 11 is 5.96. The lowest BCUT2D eigenvalue weighted by Gasteiger charge is -2.06. The maximum atomic E-state index is 12.3. The Hall–Kier alpha value is -4.04. The Morgan fingerprint density at radius 2 is 1.92 bits per heavy atom. The first-order chi connectivity index (χ1) is 17.6. The second-order valence-corrected chi connectivity index (χ2v) is 7.97. The summed E-state index contributed by atoms with van der Waals surface area (Å²) in [4.78, 5) is 40.3. The van der Waals surface area contributed by atoms with Crippen LogP contribution >= 0.6 is 11.6 Å². The molecule has 1 aromatic heterocycles. The van der Waals surface area contributed by atoms with E-state index < -0.39 is 0 Å². The van der Waals surface area contributed by atoms with Gasteiger partial charge in [0.25, 0.3) is 5.56 Å². The van der Waals surface area contributed by atoms with Crippen molar-refractivity contribution in [2.75, 3.05) is 7.05 Å². The molecule has 0 unspecified atom stereocenters. The summed E-state index contributed by atoms with van der Waals surface area (Å²) in [5.41, 5.74) is 8.50. The van der Waals surface area contributed by atoms with Crippen LogP contribution in [0.5, 0.6) is 0 Å². The second kappa shape index (κ2) is 18.3. The maximum Gasteiger partial charge on any atom is 0.255 e. The molecule has 0 aliphatic carbocycles. The maximum absolute atomic E-state index is 12.3. The predicted octanol–water partition coefficient (Wildman–Crippen LogP) is 5.42. The van der Waals surface area contributed by atoms with Gasteiger partial charge in [0.1, 0.15) is 0 Å². The molecule has 0 radical (unpaired) electrons. The molecule has 2 aromatic rings. The van der Waals surface area contributed by atoms with Crippen LogP contribution in [0.3, 0.4) is 0 Å². The molecule has 198 valence electrons. The molecule has 0 aliphatic heterocycles. The predicted molar refractivity (Wildman–Crippen MR) is 156 cm³/mol. The molecular weight excluding hydrogens is 490 g/mol. The zero-order valence-electron chi connectivity index (χ0n) is 22.0. The zero-order chi connectivity index (χ0) is 28.4. The highest BCUT2D eigenvalue weighted by Crippen LogP contribution is 2.19. The minimum Gasteiger partial charge on any atom is -0.402 e. The van der Waals surface area contributed by atoms with Crippen molar-refractivity contribution < 1.29 is 9.59 Å². The summed E-state index contributed by atoms with van der Waals surface area (Å²) in [5, 5.41) is 10.6. The molecule has 8 nitrogen and oxygen atoms in total. The van der Waals surface area contributed by atoms with Gasteiger partial charge in [0.05, 0.1) is 0 Å². The van der Waals surface area contributed by atoms with E-state index in [2.05, 4.69) is 21.9 Å². The van der Waals surface area contributed by atoms with Crippen LogP contribution < -0.4 is 16.6 Å². The van der Waals surface area contributed by atoms with Gasteiger partial charge in [0, 0.05) is 58.6 Å². The molecule has 0 atom stereocenters. The molecule has 37 heavy (non-hydrogen) atoms. The van der Waals surface area contributed by atoms with Crippen molar-refractivity contribution in [2.45, 2.75) is 40.5 Å². The summed E-state index contributed by atoms with van der Waals surface area (Å²) < 4.78 is 0. The number of nitrogens with two attached hydrogens (primary N) is 1. The number of amides is 1. The van der Waals surface area contributed by atoms with E-state index in [1.165, 1.54) is 12.4 Å². The number of ketones is 1. The molecule has 0 saturated heterocycles. The van der Waals surface area contributed by atoms with E-state index >= 15 is 0 Å². The number of carbonyl (C=O) groups excluding carboxylic acids is 2. The topological polar surface area (TPSA) is 141 Å². The number of pyridine rings is 1. The number of aliphatic imine (C=N–C) groups is 1. The first-order valence-corrected chi connectivity index (χ1v) is 11.9. The number of aromatic amines is 1. The van der Waals surface area contributed by atoms with Gasteiger partial charge in [-0.15, -0.1) is 0 Å². The minimum absolute atomic E-state index is 0.147. The number of fused-ring (bicyclic) bond motifs is 1. The van der Waals surface area contributed by atoms with Gasteiger partial charge >= 0.3 is 0 Å². The van der Waals surface area contributed by atoms with Crippen molar-refractivity contribution in [1.82, 2.24) is 10.3 Å². The van der Waals surface area contributed by atoms with E-state index in [0.29, 0.717) is 44.7 Å². The first-order valence-electron chi connectivity index (χ1n) is 11.5. The summed E-state index contributed by atoms with van der Waals surface area (Å²) in [6, 6.07) is 6.82. The molecule has 9 heteroatoms. The van der Waals surface area contributed by atoms with Gasteiger partial charge in [-0.2, -0.15) is 0 Å². The second-order valence-electron chi connectivity index (χ2n) is 7.56. The first kappa shape index (κ1) is 33.0. The van der Waals surface area contributed by atoms with Crippen molar-refractivity contribution >= 4 is 47.0 Å². The Morgan fingerprint density at radius 1 is 1.24 bits per heavy atom. The highest BCUT2D eigenvalue weighted by molar-refractivity contribution is 6.32. The lowest BCUT2D eigenvalue weighted by Crippen LogP contribution is -2.10. The van der Waals surface area contributed by atoms with Gasteiger partial charge in [0.15, 0.2) is 5.78 Å². The van der Waals surface area contributed by atoms with Gasteiger partial charge < -0.3 is 21.4 Å². The van der Waals surface area contributed by atoms with Gasteiger partial charge in [0.2, 0.25) is 6.41 Å². The van der Waals surface area contributed by atoms with Gasteiger partial charge in [-0.25, -0.2) is 0 Å². The molecular formula is C28H36ClN5O3. The molecule has 2 rings (SSSR count). The highest BCUT2D eigenvalue weighted by atomic mass is 35.5. The van der Waals surface area contributed by atoms with E-state index in [-0.39, 0.29) is 11.3 Å². The van der Waals surface area contributed by atoms with Crippen LogP contribution in [0.25, 0.3) is 10.8 Å². The Bertz CT molecular complexity index is 1270. The summed E-state index contributed by atoms with van der Waals surface area (Å²) in [7, 11) is 1.63.